The summed E-state index contributed by atoms with van der Waals surface area (Å²) in [6.45, 7) is 6.60. The first-order chi connectivity index (χ1) is 20.7. The molecule has 0 aliphatic carbocycles. The second kappa shape index (κ2) is 13.6. The van der Waals surface area contributed by atoms with E-state index in [1.165, 1.54) is 32.7 Å². The number of carbonyl (C=O) groups is 2. The zero-order valence-electron chi connectivity index (χ0n) is 25.1. The minimum Gasteiger partial charge on any atom is -0.463 e. The number of benzene rings is 1. The number of rotatable bonds is 8. The molecule has 44 heavy (non-hydrogen) atoms. The zero-order valence-corrected chi connectivity index (χ0v) is 27.5. The third-order valence-corrected chi connectivity index (χ3v) is 9.59. The van der Waals surface area contributed by atoms with E-state index < -0.39 is 51.5 Å². The van der Waals surface area contributed by atoms with E-state index >= 15 is 0 Å². The van der Waals surface area contributed by atoms with Gasteiger partial charge in [-0.05, 0) is 64.7 Å². The number of aliphatic hydroxyl groups excluding tert-OH is 1. The van der Waals surface area contributed by atoms with E-state index in [0.29, 0.717) is 5.01 Å². The summed E-state index contributed by atoms with van der Waals surface area (Å²) >= 11 is 7.82. The van der Waals surface area contributed by atoms with Crippen molar-refractivity contribution in [2.45, 2.75) is 64.6 Å². The predicted molar refractivity (Wildman–Crippen MR) is 164 cm³/mol. The Morgan fingerprint density at radius 2 is 2.00 bits per heavy atom. The lowest BCUT2D eigenvalue weighted by Gasteiger charge is -2.42. The lowest BCUT2D eigenvalue weighted by molar-refractivity contribution is -0.139. The van der Waals surface area contributed by atoms with E-state index in [1.54, 1.807) is 39.3 Å². The average Bonchev–Trinajstić information content (AvgIpc) is 3.46. The fourth-order valence-electron chi connectivity index (χ4n) is 5.49. The molecule has 1 aromatic carbocycles. The Hall–Kier alpha value is -2.91. The number of piperidine rings is 1. The van der Waals surface area contributed by atoms with Crippen LogP contribution >= 0.6 is 22.9 Å². The van der Waals surface area contributed by atoms with Gasteiger partial charge < -0.3 is 14.6 Å². The van der Waals surface area contributed by atoms with Gasteiger partial charge in [-0.1, -0.05) is 17.7 Å². The van der Waals surface area contributed by atoms with Crippen molar-refractivity contribution in [2.24, 2.45) is 10.9 Å². The van der Waals surface area contributed by atoms with Crippen LogP contribution in [-0.4, -0.2) is 83.3 Å². The number of hydrogen-bond donors (Lipinski definition) is 1. The van der Waals surface area contributed by atoms with Crippen molar-refractivity contribution >= 4 is 50.9 Å². The normalized spacial score (nSPS) is 21.7. The molecule has 0 saturated carbocycles. The molecule has 2 aliphatic heterocycles. The third kappa shape index (κ3) is 7.48. The summed E-state index contributed by atoms with van der Waals surface area (Å²) in [5.74, 6) is -1.78. The standard InChI is InChI=1S/C29H36ClFN4O7S2/c1-6-41-27(37)22-23(17-9-12-34(44(5,39)40)19(15-17)10-13-36)33-25(26-32-11-14-43-26)35(28(38)42-29(2,3)4)24(22)20-8-7-18(31)16-21(20)30/h7-8,11,14,16-17,19,24,36H,6,9-10,12-13,15H2,1-5H3/t17-,19+,24?/m0/s1. The Morgan fingerprint density at radius 3 is 2.57 bits per heavy atom. The van der Waals surface area contributed by atoms with Gasteiger partial charge in [0.05, 0.1) is 24.1 Å². The van der Waals surface area contributed by atoms with Crippen molar-refractivity contribution in [3.05, 3.63) is 62.5 Å². The van der Waals surface area contributed by atoms with Gasteiger partial charge in [0.2, 0.25) is 10.0 Å². The van der Waals surface area contributed by atoms with Crippen LogP contribution in [0.1, 0.15) is 63.6 Å². The van der Waals surface area contributed by atoms with Crippen molar-refractivity contribution in [1.29, 1.82) is 0 Å². The summed E-state index contributed by atoms with van der Waals surface area (Å²) in [7, 11) is -3.59. The maximum Gasteiger partial charge on any atom is 0.416 e. The fraction of sp³-hybridized carbons (Fsp3) is 0.517. The maximum absolute atomic E-state index is 14.3. The Labute approximate surface area is 265 Å². The molecule has 11 nitrogen and oxygen atoms in total. The van der Waals surface area contributed by atoms with Gasteiger partial charge in [-0.3, -0.25) is 0 Å². The number of allylic oxidation sites excluding steroid dienone is 1. The van der Waals surface area contributed by atoms with Crippen molar-refractivity contribution in [1.82, 2.24) is 14.2 Å². The van der Waals surface area contributed by atoms with Crippen molar-refractivity contribution in [2.75, 3.05) is 26.0 Å². The first kappa shape index (κ1) is 34.0. The monoisotopic (exact) mass is 670 g/mol. The Bertz CT molecular complexity index is 1560. The van der Waals surface area contributed by atoms with Gasteiger partial charge in [0.15, 0.2) is 10.8 Å². The predicted octanol–water partition coefficient (Wildman–Crippen LogP) is 4.91. The van der Waals surface area contributed by atoms with E-state index in [-0.39, 0.29) is 66.7 Å². The van der Waals surface area contributed by atoms with Crippen LogP contribution in [0.4, 0.5) is 9.18 Å². The van der Waals surface area contributed by atoms with Crippen LogP contribution in [0.2, 0.25) is 5.02 Å². The second-order valence-electron chi connectivity index (χ2n) is 11.5. The van der Waals surface area contributed by atoms with Gasteiger partial charge in [-0.2, -0.15) is 4.31 Å². The highest BCUT2D eigenvalue weighted by molar-refractivity contribution is 7.88. The lowest BCUT2D eigenvalue weighted by atomic mass is 9.83. The molecule has 1 unspecified atom stereocenters. The molecule has 4 rings (SSSR count). The summed E-state index contributed by atoms with van der Waals surface area (Å²) in [5.41, 5.74) is -0.447. The molecule has 0 radical (unpaired) electrons. The number of amidine groups is 1. The van der Waals surface area contributed by atoms with Crippen molar-refractivity contribution in [3.63, 3.8) is 0 Å². The summed E-state index contributed by atoms with van der Waals surface area (Å²) in [4.78, 5) is 38.3. The Morgan fingerprint density at radius 1 is 1.27 bits per heavy atom. The number of amides is 1. The van der Waals surface area contributed by atoms with Crippen molar-refractivity contribution < 1.29 is 37.0 Å². The quantitative estimate of drug-likeness (QED) is 0.391. The van der Waals surface area contributed by atoms with Gasteiger partial charge in [-0.15, -0.1) is 11.3 Å². The van der Waals surface area contributed by atoms with Crippen LogP contribution < -0.4 is 0 Å². The van der Waals surface area contributed by atoms with E-state index in [1.807, 2.05) is 0 Å². The van der Waals surface area contributed by atoms with Gasteiger partial charge in [0.25, 0.3) is 0 Å². The molecule has 1 amide bonds. The van der Waals surface area contributed by atoms with Crippen LogP contribution in [0.15, 0.2) is 46.0 Å². The Balaban J connectivity index is 2.02. The number of aliphatic imine (C=N–C) groups is 1. The molecular weight excluding hydrogens is 635 g/mol. The number of carbonyl (C=O) groups excluding carboxylic acids is 2. The van der Waals surface area contributed by atoms with Crippen molar-refractivity contribution in [3.8, 4) is 0 Å². The van der Waals surface area contributed by atoms with Gasteiger partial charge in [0.1, 0.15) is 17.5 Å². The summed E-state index contributed by atoms with van der Waals surface area (Å²) in [6.07, 6.45) is 2.51. The van der Waals surface area contributed by atoms with Gasteiger partial charge >= 0.3 is 12.1 Å². The number of halogens is 2. The van der Waals surface area contributed by atoms with E-state index in [0.717, 1.165) is 12.3 Å². The molecule has 1 aromatic heterocycles. The SMILES string of the molecule is CCOC(=O)C1=C([C@H]2CCN(S(C)(=O)=O)[C@H](CCO)C2)N=C(c2nccs2)N(C(=O)OC(C)(C)C)C1c1ccc(F)cc1Cl. The topological polar surface area (TPSA) is 139 Å². The first-order valence-corrected chi connectivity index (χ1v) is 17.2. The number of nitrogens with zero attached hydrogens (tertiary/aromatic N) is 4. The number of aliphatic hydroxyl groups is 1. The molecule has 15 heteroatoms. The number of sulfonamides is 1. The molecule has 1 N–H and O–H groups in total. The highest BCUT2D eigenvalue weighted by Crippen LogP contribution is 2.45. The number of thiazole rings is 1. The molecule has 0 bridgehead atoms. The molecular formula is C29H36ClFN4O7S2. The van der Waals surface area contributed by atoms with Crippen LogP contribution in [0, 0.1) is 11.7 Å². The molecule has 2 aliphatic rings. The minimum atomic E-state index is -3.59. The molecule has 3 atom stereocenters. The minimum absolute atomic E-state index is 0.00734. The highest BCUT2D eigenvalue weighted by Gasteiger charge is 2.47. The largest absolute Gasteiger partial charge is 0.463 e. The van der Waals surface area contributed by atoms with Crippen LogP contribution in [-0.2, 0) is 24.3 Å². The van der Waals surface area contributed by atoms with E-state index in [4.69, 9.17) is 26.1 Å². The smallest absolute Gasteiger partial charge is 0.416 e. The van der Waals surface area contributed by atoms with Crippen LogP contribution in [0.25, 0.3) is 0 Å². The molecule has 1 fully saturated rings. The zero-order chi connectivity index (χ0) is 32.4. The molecule has 1 saturated heterocycles. The first-order valence-electron chi connectivity index (χ1n) is 14.1. The second-order valence-corrected chi connectivity index (χ2v) is 14.7. The molecule has 3 heterocycles. The van der Waals surface area contributed by atoms with Crippen LogP contribution in [0.5, 0.6) is 0 Å². The van der Waals surface area contributed by atoms with E-state index in [2.05, 4.69) is 4.98 Å². The highest BCUT2D eigenvalue weighted by atomic mass is 35.5. The summed E-state index contributed by atoms with van der Waals surface area (Å²) < 4.78 is 52.1. The lowest BCUT2D eigenvalue weighted by Crippen LogP contribution is -2.49. The summed E-state index contributed by atoms with van der Waals surface area (Å²) in [5, 5.41) is 11.8. The number of esters is 1. The molecule has 240 valence electrons. The Kier molecular flexibility index (Phi) is 10.5. The molecule has 0 spiro atoms. The molecule has 2 aromatic rings. The maximum atomic E-state index is 14.3. The summed E-state index contributed by atoms with van der Waals surface area (Å²) in [6, 6.07) is 1.83. The number of aromatic nitrogens is 1. The van der Waals surface area contributed by atoms with Gasteiger partial charge in [-0.25, -0.2) is 37.3 Å². The third-order valence-electron chi connectivity index (χ3n) is 7.17. The average molecular weight is 671 g/mol. The number of ether oxygens (including phenoxy) is 2. The van der Waals surface area contributed by atoms with E-state index in [9.17, 15) is 27.5 Å². The fourth-order valence-corrected chi connectivity index (χ4v) is 7.55. The van der Waals surface area contributed by atoms with Gasteiger partial charge in [0, 0.05) is 41.7 Å². The van der Waals surface area contributed by atoms with Crippen LogP contribution in [0.3, 0.4) is 0 Å². The number of hydrogen-bond acceptors (Lipinski definition) is 10.